The number of hydrogen-bond acceptors (Lipinski definition) is 2. The Labute approximate surface area is 119 Å². The molecule has 1 saturated heterocycles. The van der Waals surface area contributed by atoms with Crippen molar-refractivity contribution in [1.29, 1.82) is 0 Å². The van der Waals surface area contributed by atoms with Crippen molar-refractivity contribution >= 4 is 17.5 Å². The standard InChI is InChI=1S/C15H21ClN2O/c1-11(17)13-6-4-8-18(10-13)15(19)9-12-5-2-3-7-14(12)16/h2-3,5,7,11,13H,4,6,8-10,17H2,1H3/t11-,13+/m0/s1. The summed E-state index contributed by atoms with van der Waals surface area (Å²) in [6, 6.07) is 7.67. The van der Waals surface area contributed by atoms with Crippen molar-refractivity contribution in [2.24, 2.45) is 11.7 Å². The van der Waals surface area contributed by atoms with E-state index in [0.29, 0.717) is 17.4 Å². The Bertz CT molecular complexity index is 448. The molecule has 0 spiro atoms. The van der Waals surface area contributed by atoms with Gasteiger partial charge < -0.3 is 10.6 Å². The van der Waals surface area contributed by atoms with Gasteiger partial charge >= 0.3 is 0 Å². The van der Waals surface area contributed by atoms with Crippen LogP contribution in [0.5, 0.6) is 0 Å². The number of hydrogen-bond donors (Lipinski definition) is 1. The predicted molar refractivity (Wildman–Crippen MR) is 78.1 cm³/mol. The summed E-state index contributed by atoms with van der Waals surface area (Å²) in [4.78, 5) is 14.2. The fraction of sp³-hybridized carbons (Fsp3) is 0.533. The van der Waals surface area contributed by atoms with E-state index >= 15 is 0 Å². The second kappa shape index (κ2) is 6.40. The summed E-state index contributed by atoms with van der Waals surface area (Å²) in [5.41, 5.74) is 6.85. The van der Waals surface area contributed by atoms with Gasteiger partial charge in [0.05, 0.1) is 6.42 Å². The minimum atomic E-state index is 0.149. The SMILES string of the molecule is C[C@H](N)[C@@H]1CCCN(C(=O)Cc2ccccc2Cl)C1. The Kier molecular flexibility index (Phi) is 4.83. The Morgan fingerprint density at radius 1 is 1.53 bits per heavy atom. The van der Waals surface area contributed by atoms with Gasteiger partial charge in [-0.3, -0.25) is 4.79 Å². The number of amides is 1. The van der Waals surface area contributed by atoms with Crippen molar-refractivity contribution in [3.05, 3.63) is 34.9 Å². The van der Waals surface area contributed by atoms with Crippen LogP contribution in [0.4, 0.5) is 0 Å². The number of piperidine rings is 1. The summed E-state index contributed by atoms with van der Waals surface area (Å²) in [5, 5.41) is 0.664. The lowest BCUT2D eigenvalue weighted by Gasteiger charge is -2.34. The number of nitrogens with zero attached hydrogens (tertiary/aromatic N) is 1. The van der Waals surface area contributed by atoms with Crippen LogP contribution in [0.3, 0.4) is 0 Å². The first kappa shape index (κ1) is 14.4. The zero-order valence-corrected chi connectivity index (χ0v) is 12.1. The third-order valence-electron chi connectivity index (χ3n) is 3.85. The summed E-state index contributed by atoms with van der Waals surface area (Å²) >= 11 is 6.10. The second-order valence-electron chi connectivity index (χ2n) is 5.37. The van der Waals surface area contributed by atoms with Crippen LogP contribution in [0, 0.1) is 5.92 Å². The molecule has 1 aliphatic rings. The van der Waals surface area contributed by atoms with Gasteiger partial charge in [-0.1, -0.05) is 29.8 Å². The lowest BCUT2D eigenvalue weighted by Crippen LogP contribution is -2.45. The minimum absolute atomic E-state index is 0.149. The van der Waals surface area contributed by atoms with E-state index in [1.54, 1.807) is 0 Å². The molecule has 1 aromatic carbocycles. The largest absolute Gasteiger partial charge is 0.342 e. The van der Waals surface area contributed by atoms with Gasteiger partial charge in [0.15, 0.2) is 0 Å². The third-order valence-corrected chi connectivity index (χ3v) is 4.22. The molecular weight excluding hydrogens is 260 g/mol. The fourth-order valence-corrected chi connectivity index (χ4v) is 2.78. The molecule has 19 heavy (non-hydrogen) atoms. The smallest absolute Gasteiger partial charge is 0.227 e. The number of carbonyl (C=O) groups excluding carboxylic acids is 1. The van der Waals surface area contributed by atoms with Crippen molar-refractivity contribution in [2.75, 3.05) is 13.1 Å². The van der Waals surface area contributed by atoms with E-state index in [4.69, 9.17) is 17.3 Å². The van der Waals surface area contributed by atoms with E-state index in [1.807, 2.05) is 36.1 Å². The van der Waals surface area contributed by atoms with E-state index in [0.717, 1.165) is 31.5 Å². The van der Waals surface area contributed by atoms with Crippen LogP contribution in [0.2, 0.25) is 5.02 Å². The highest BCUT2D eigenvalue weighted by atomic mass is 35.5. The fourth-order valence-electron chi connectivity index (χ4n) is 2.58. The van der Waals surface area contributed by atoms with Gasteiger partial charge in [0.2, 0.25) is 5.91 Å². The molecule has 1 fully saturated rings. The minimum Gasteiger partial charge on any atom is -0.342 e. The normalized spacial score (nSPS) is 21.2. The first-order valence-corrected chi connectivity index (χ1v) is 7.22. The average molecular weight is 281 g/mol. The lowest BCUT2D eigenvalue weighted by molar-refractivity contribution is -0.132. The molecule has 4 heteroatoms. The molecule has 0 aliphatic carbocycles. The molecule has 1 amide bonds. The van der Waals surface area contributed by atoms with Gasteiger partial charge in [0.1, 0.15) is 0 Å². The molecule has 2 rings (SSSR count). The maximum absolute atomic E-state index is 12.3. The highest BCUT2D eigenvalue weighted by Gasteiger charge is 2.25. The van der Waals surface area contributed by atoms with Crippen molar-refractivity contribution in [3.8, 4) is 0 Å². The highest BCUT2D eigenvalue weighted by molar-refractivity contribution is 6.31. The Morgan fingerprint density at radius 3 is 2.95 bits per heavy atom. The van der Waals surface area contributed by atoms with Crippen LogP contribution >= 0.6 is 11.6 Å². The number of halogens is 1. The van der Waals surface area contributed by atoms with Crippen LogP contribution in [0.25, 0.3) is 0 Å². The molecule has 1 heterocycles. The first-order chi connectivity index (χ1) is 9.08. The van der Waals surface area contributed by atoms with E-state index in [2.05, 4.69) is 0 Å². The van der Waals surface area contributed by atoms with Crippen molar-refractivity contribution < 1.29 is 4.79 Å². The quantitative estimate of drug-likeness (QED) is 0.924. The van der Waals surface area contributed by atoms with Gasteiger partial charge in [-0.2, -0.15) is 0 Å². The van der Waals surface area contributed by atoms with Gasteiger partial charge in [-0.15, -0.1) is 0 Å². The maximum Gasteiger partial charge on any atom is 0.227 e. The van der Waals surface area contributed by atoms with Gasteiger partial charge in [-0.25, -0.2) is 0 Å². The number of carbonyl (C=O) groups is 1. The van der Waals surface area contributed by atoms with Gasteiger partial charge in [0.25, 0.3) is 0 Å². The van der Waals surface area contributed by atoms with Gasteiger partial charge in [0, 0.05) is 24.2 Å². The van der Waals surface area contributed by atoms with E-state index in [-0.39, 0.29) is 11.9 Å². The Balaban J connectivity index is 1.98. The third kappa shape index (κ3) is 3.71. The molecule has 0 radical (unpaired) electrons. The topological polar surface area (TPSA) is 46.3 Å². The molecule has 2 N–H and O–H groups in total. The summed E-state index contributed by atoms with van der Waals surface area (Å²) in [5.74, 6) is 0.572. The molecule has 1 aliphatic heterocycles. The molecule has 0 unspecified atom stereocenters. The van der Waals surface area contributed by atoms with Crippen LogP contribution in [-0.4, -0.2) is 29.9 Å². The van der Waals surface area contributed by atoms with Crippen molar-refractivity contribution in [1.82, 2.24) is 4.90 Å². The summed E-state index contributed by atoms with van der Waals surface area (Å²) in [7, 11) is 0. The maximum atomic E-state index is 12.3. The Hall–Kier alpha value is -1.06. The van der Waals surface area contributed by atoms with Crippen LogP contribution < -0.4 is 5.73 Å². The molecule has 104 valence electrons. The molecule has 3 nitrogen and oxygen atoms in total. The average Bonchev–Trinajstić information content (AvgIpc) is 2.41. The van der Waals surface area contributed by atoms with Crippen molar-refractivity contribution in [3.63, 3.8) is 0 Å². The number of benzene rings is 1. The number of nitrogens with two attached hydrogens (primary N) is 1. The molecular formula is C15H21ClN2O. The van der Waals surface area contributed by atoms with Crippen molar-refractivity contribution in [2.45, 2.75) is 32.2 Å². The highest BCUT2D eigenvalue weighted by Crippen LogP contribution is 2.21. The monoisotopic (exact) mass is 280 g/mol. The lowest BCUT2D eigenvalue weighted by atomic mass is 9.92. The second-order valence-corrected chi connectivity index (χ2v) is 5.78. The number of rotatable bonds is 3. The molecule has 0 saturated carbocycles. The summed E-state index contributed by atoms with van der Waals surface area (Å²) in [6.45, 7) is 3.64. The van der Waals surface area contributed by atoms with Gasteiger partial charge in [-0.05, 0) is 37.3 Å². The summed E-state index contributed by atoms with van der Waals surface area (Å²) in [6.07, 6.45) is 2.54. The zero-order valence-electron chi connectivity index (χ0n) is 11.3. The Morgan fingerprint density at radius 2 is 2.26 bits per heavy atom. The zero-order chi connectivity index (χ0) is 13.8. The van der Waals surface area contributed by atoms with Crippen LogP contribution in [0.1, 0.15) is 25.3 Å². The summed E-state index contributed by atoms with van der Waals surface area (Å²) < 4.78 is 0. The van der Waals surface area contributed by atoms with Crippen LogP contribution in [-0.2, 0) is 11.2 Å². The number of likely N-dealkylation sites (tertiary alicyclic amines) is 1. The molecule has 0 bridgehead atoms. The molecule has 2 atom stereocenters. The molecule has 0 aromatic heterocycles. The first-order valence-electron chi connectivity index (χ1n) is 6.84. The van der Waals surface area contributed by atoms with E-state index in [1.165, 1.54) is 0 Å². The van der Waals surface area contributed by atoms with Crippen LogP contribution in [0.15, 0.2) is 24.3 Å². The molecule has 1 aromatic rings. The van der Waals surface area contributed by atoms with E-state index < -0.39 is 0 Å². The predicted octanol–water partition coefficient (Wildman–Crippen LogP) is 2.47. The van der Waals surface area contributed by atoms with E-state index in [9.17, 15) is 4.79 Å².